The number of anilines is 2. The van der Waals surface area contributed by atoms with Crippen LogP contribution < -0.4 is 11.1 Å². The number of fused-ring (bicyclic) bond motifs is 1. The predicted octanol–water partition coefficient (Wildman–Crippen LogP) is 1.26. The second-order valence-corrected chi connectivity index (χ2v) is 6.95. The van der Waals surface area contributed by atoms with Crippen LogP contribution in [0.1, 0.15) is 11.8 Å². The topological polar surface area (TPSA) is 139 Å². The summed E-state index contributed by atoms with van der Waals surface area (Å²) < 4.78 is 20.0. The van der Waals surface area contributed by atoms with Gasteiger partial charge in [-0.25, -0.2) is 14.4 Å². The first-order valence-electron chi connectivity index (χ1n) is 9.21. The molecular formula is C19H24Cl2FN5O4. The van der Waals surface area contributed by atoms with Crippen molar-refractivity contribution < 1.29 is 24.4 Å². The van der Waals surface area contributed by atoms with Crippen molar-refractivity contribution in [2.24, 2.45) is 0 Å². The molecule has 0 saturated carbocycles. The van der Waals surface area contributed by atoms with Gasteiger partial charge in [-0.15, -0.1) is 24.8 Å². The second-order valence-electron chi connectivity index (χ2n) is 6.95. The van der Waals surface area contributed by atoms with Gasteiger partial charge in [-0.05, 0) is 24.1 Å². The lowest BCUT2D eigenvalue weighted by Crippen LogP contribution is -2.33. The number of aromatic nitrogens is 3. The van der Waals surface area contributed by atoms with Gasteiger partial charge in [0.1, 0.15) is 35.5 Å². The Morgan fingerprint density at radius 2 is 1.87 bits per heavy atom. The highest BCUT2D eigenvalue weighted by Gasteiger charge is 2.44. The van der Waals surface area contributed by atoms with Crippen molar-refractivity contribution in [2.45, 2.75) is 31.0 Å². The molecule has 3 heterocycles. The molecule has 0 unspecified atom stereocenters. The lowest BCUT2D eigenvalue weighted by Gasteiger charge is -2.17. The Morgan fingerprint density at radius 1 is 1.16 bits per heavy atom. The zero-order chi connectivity index (χ0) is 20.5. The van der Waals surface area contributed by atoms with Gasteiger partial charge in [0.2, 0.25) is 0 Å². The third-order valence-electron chi connectivity index (χ3n) is 4.98. The van der Waals surface area contributed by atoms with Crippen molar-refractivity contribution in [3.63, 3.8) is 0 Å². The van der Waals surface area contributed by atoms with Crippen LogP contribution in [0.25, 0.3) is 11.2 Å². The Kier molecular flexibility index (Phi) is 8.41. The van der Waals surface area contributed by atoms with Crippen molar-refractivity contribution in [1.29, 1.82) is 0 Å². The van der Waals surface area contributed by atoms with Gasteiger partial charge in [0, 0.05) is 12.6 Å². The third kappa shape index (κ3) is 5.00. The minimum absolute atomic E-state index is 0. The van der Waals surface area contributed by atoms with Gasteiger partial charge in [0.05, 0.1) is 18.6 Å². The second kappa shape index (κ2) is 10.4. The van der Waals surface area contributed by atoms with Gasteiger partial charge in [-0.3, -0.25) is 4.57 Å². The predicted molar refractivity (Wildman–Crippen MR) is 118 cm³/mol. The Bertz CT molecular complexity index is 1010. The number of hydrogen-bond donors (Lipinski definition) is 5. The summed E-state index contributed by atoms with van der Waals surface area (Å²) in [6.45, 7) is 0.124. The molecule has 9 nitrogen and oxygen atoms in total. The average Bonchev–Trinajstić information content (AvgIpc) is 3.25. The summed E-state index contributed by atoms with van der Waals surface area (Å²) in [4.78, 5) is 8.74. The lowest BCUT2D eigenvalue weighted by molar-refractivity contribution is -0.0511. The van der Waals surface area contributed by atoms with Crippen molar-refractivity contribution in [3.05, 3.63) is 48.0 Å². The third-order valence-corrected chi connectivity index (χ3v) is 4.98. The number of aliphatic hydroxyl groups is 3. The summed E-state index contributed by atoms with van der Waals surface area (Å²) >= 11 is 0. The van der Waals surface area contributed by atoms with E-state index in [1.165, 1.54) is 23.0 Å². The normalized spacial score (nSPS) is 22.7. The molecular weight excluding hydrogens is 452 g/mol. The van der Waals surface area contributed by atoms with Gasteiger partial charge in [0.15, 0.2) is 11.9 Å². The Hall–Kier alpha value is -2.21. The minimum atomic E-state index is -1.25. The number of aliphatic hydroxyl groups excluding tert-OH is 3. The molecule has 1 aliphatic heterocycles. The fraction of sp³-hybridized carbons (Fsp3) is 0.368. The number of hydrogen-bond acceptors (Lipinski definition) is 8. The van der Waals surface area contributed by atoms with E-state index in [1.54, 1.807) is 18.2 Å². The molecule has 1 saturated heterocycles. The van der Waals surface area contributed by atoms with Gasteiger partial charge < -0.3 is 31.1 Å². The maximum absolute atomic E-state index is 13.0. The fourth-order valence-corrected chi connectivity index (χ4v) is 3.40. The average molecular weight is 476 g/mol. The van der Waals surface area contributed by atoms with Gasteiger partial charge in [0.25, 0.3) is 0 Å². The Labute approximate surface area is 189 Å². The molecule has 0 aliphatic carbocycles. The van der Waals surface area contributed by atoms with Gasteiger partial charge >= 0.3 is 0 Å². The van der Waals surface area contributed by atoms with Crippen LogP contribution in [0.15, 0.2) is 36.7 Å². The van der Waals surface area contributed by atoms with Crippen LogP contribution in [0, 0.1) is 5.82 Å². The molecule has 12 heteroatoms. The fourth-order valence-electron chi connectivity index (χ4n) is 3.40. The van der Waals surface area contributed by atoms with Gasteiger partial charge in [-0.1, -0.05) is 12.1 Å². The first-order chi connectivity index (χ1) is 14.0. The van der Waals surface area contributed by atoms with Crippen molar-refractivity contribution in [1.82, 2.24) is 14.5 Å². The van der Waals surface area contributed by atoms with Crippen molar-refractivity contribution in [2.75, 3.05) is 24.2 Å². The van der Waals surface area contributed by atoms with E-state index in [1.807, 2.05) is 0 Å². The quantitative estimate of drug-likeness (QED) is 0.359. The molecule has 0 amide bonds. The summed E-state index contributed by atoms with van der Waals surface area (Å²) in [7, 11) is 0. The number of nitrogens with two attached hydrogens (primary N) is 1. The van der Waals surface area contributed by atoms with Crippen LogP contribution in [0.3, 0.4) is 0 Å². The number of nitrogens with zero attached hydrogens (tertiary/aromatic N) is 3. The van der Waals surface area contributed by atoms with Gasteiger partial charge in [-0.2, -0.15) is 0 Å². The number of nitrogen functional groups attached to an aromatic ring is 1. The van der Waals surface area contributed by atoms with Crippen LogP contribution >= 0.6 is 24.8 Å². The summed E-state index contributed by atoms with van der Waals surface area (Å²) in [5, 5.41) is 32.7. The number of imidazole rings is 1. The SMILES string of the molecule is Cl.Cl.Nc1cc(NCCc2ccc(F)cc2)nc2c1ncn2[C@@H]1O[C@H](CO)[C@@H](O)[C@H]1O. The smallest absolute Gasteiger partial charge is 0.166 e. The highest BCUT2D eigenvalue weighted by molar-refractivity contribution is 5.86. The van der Waals surface area contributed by atoms with Crippen LogP contribution in [-0.2, 0) is 11.2 Å². The summed E-state index contributed by atoms with van der Waals surface area (Å²) in [5.41, 5.74) is 8.28. The Morgan fingerprint density at radius 3 is 2.52 bits per heavy atom. The number of rotatable bonds is 6. The van der Waals surface area contributed by atoms with E-state index in [2.05, 4.69) is 15.3 Å². The molecule has 3 aromatic rings. The zero-order valence-electron chi connectivity index (χ0n) is 16.3. The van der Waals surface area contributed by atoms with Crippen LogP contribution in [0.5, 0.6) is 0 Å². The maximum Gasteiger partial charge on any atom is 0.166 e. The molecule has 170 valence electrons. The van der Waals surface area contributed by atoms with Crippen LogP contribution in [0.2, 0.25) is 0 Å². The van der Waals surface area contributed by atoms with E-state index in [0.29, 0.717) is 35.6 Å². The first kappa shape index (κ1) is 25.1. The maximum atomic E-state index is 13.0. The van der Waals surface area contributed by atoms with E-state index in [-0.39, 0.29) is 30.6 Å². The molecule has 1 fully saturated rings. The summed E-state index contributed by atoms with van der Waals surface area (Å²) in [6, 6.07) is 7.92. The molecule has 1 aliphatic rings. The summed E-state index contributed by atoms with van der Waals surface area (Å²) in [5.74, 6) is 0.227. The number of nitrogens with one attached hydrogen (secondary N) is 1. The van der Waals surface area contributed by atoms with Crippen LogP contribution in [-0.4, -0.2) is 61.3 Å². The standard InChI is InChI=1S/C19H22FN5O4.2ClH/c20-11-3-1-10(2-4-11)5-6-22-14-7-12(21)15-18(24-14)25(9-23-15)19-17(28)16(27)13(8-26)29-19;;/h1-4,7,9,13,16-17,19,26-28H,5-6,8H2,(H3,21,22,24);2*1H/t13-,16-,17-,19-;;/m1../s1. The monoisotopic (exact) mass is 475 g/mol. The Balaban J connectivity index is 0.00000171. The molecule has 0 radical (unpaired) electrons. The van der Waals surface area contributed by atoms with Crippen molar-refractivity contribution >= 4 is 47.5 Å². The molecule has 1 aromatic carbocycles. The van der Waals surface area contributed by atoms with E-state index < -0.39 is 31.1 Å². The molecule has 2 aromatic heterocycles. The molecule has 4 atom stereocenters. The highest BCUT2D eigenvalue weighted by atomic mass is 35.5. The number of benzene rings is 1. The number of halogens is 3. The van der Waals surface area contributed by atoms with E-state index in [0.717, 1.165) is 5.56 Å². The molecule has 6 N–H and O–H groups in total. The number of pyridine rings is 1. The molecule has 31 heavy (non-hydrogen) atoms. The van der Waals surface area contributed by atoms with Crippen molar-refractivity contribution in [3.8, 4) is 0 Å². The van der Waals surface area contributed by atoms with E-state index >= 15 is 0 Å². The van der Waals surface area contributed by atoms with Crippen LogP contribution in [0.4, 0.5) is 15.9 Å². The largest absolute Gasteiger partial charge is 0.397 e. The first-order valence-corrected chi connectivity index (χ1v) is 9.21. The number of ether oxygens (including phenoxy) is 1. The molecule has 4 rings (SSSR count). The molecule has 0 spiro atoms. The highest BCUT2D eigenvalue weighted by Crippen LogP contribution is 2.32. The summed E-state index contributed by atoms with van der Waals surface area (Å²) in [6.07, 6.45) is -2.24. The molecule has 0 bridgehead atoms. The lowest BCUT2D eigenvalue weighted by atomic mass is 10.1. The minimum Gasteiger partial charge on any atom is -0.397 e. The van der Waals surface area contributed by atoms with E-state index in [4.69, 9.17) is 10.5 Å². The van der Waals surface area contributed by atoms with E-state index in [9.17, 15) is 19.7 Å². The zero-order valence-corrected chi connectivity index (χ0v) is 17.9.